The lowest BCUT2D eigenvalue weighted by atomic mass is 10.2. The van der Waals surface area contributed by atoms with E-state index in [1.807, 2.05) is 24.3 Å². The number of aromatic nitrogens is 1. The Morgan fingerprint density at radius 1 is 1.07 bits per heavy atom. The summed E-state index contributed by atoms with van der Waals surface area (Å²) in [5, 5.41) is 10.8. The zero-order valence-corrected chi connectivity index (χ0v) is 17.6. The number of rotatable bonds is 3. The van der Waals surface area contributed by atoms with Gasteiger partial charge in [0.1, 0.15) is 11.3 Å². The minimum atomic E-state index is 0.133. The predicted molar refractivity (Wildman–Crippen MR) is 115 cm³/mol. The summed E-state index contributed by atoms with van der Waals surface area (Å²) in [5.74, 6) is 0.631. The standard InChI is InChI=1S/C20H11Br2ClN2O2/c21-13-6-12(19(26)16(22)8-13)10-24-15-3-1-2-11(7-15)20-25-17-9-14(23)4-5-18(17)27-20/h1-10,26H. The van der Waals surface area contributed by atoms with Crippen molar-refractivity contribution in [1.29, 1.82) is 0 Å². The van der Waals surface area contributed by atoms with Crippen molar-refractivity contribution in [3.8, 4) is 17.2 Å². The molecule has 1 N–H and O–H groups in total. The molecule has 0 saturated carbocycles. The lowest BCUT2D eigenvalue weighted by molar-refractivity contribution is 0.471. The molecule has 0 aliphatic heterocycles. The third kappa shape index (κ3) is 3.93. The largest absolute Gasteiger partial charge is 0.506 e. The highest BCUT2D eigenvalue weighted by Gasteiger charge is 2.09. The Morgan fingerprint density at radius 3 is 2.78 bits per heavy atom. The van der Waals surface area contributed by atoms with E-state index in [4.69, 9.17) is 16.0 Å². The van der Waals surface area contributed by atoms with Crippen LogP contribution in [0.5, 0.6) is 5.75 Å². The first-order valence-corrected chi connectivity index (χ1v) is 9.84. The molecule has 4 nitrogen and oxygen atoms in total. The second kappa shape index (κ2) is 7.46. The van der Waals surface area contributed by atoms with E-state index in [1.165, 1.54) is 0 Å². The van der Waals surface area contributed by atoms with Gasteiger partial charge >= 0.3 is 0 Å². The van der Waals surface area contributed by atoms with Crippen LogP contribution in [0.4, 0.5) is 5.69 Å². The summed E-state index contributed by atoms with van der Waals surface area (Å²) in [5.41, 5.74) is 3.49. The summed E-state index contributed by atoms with van der Waals surface area (Å²) < 4.78 is 7.24. The van der Waals surface area contributed by atoms with Crippen LogP contribution in [0.15, 0.2) is 73.0 Å². The van der Waals surface area contributed by atoms with E-state index in [0.717, 1.165) is 10.0 Å². The van der Waals surface area contributed by atoms with Crippen molar-refractivity contribution in [2.24, 2.45) is 4.99 Å². The fourth-order valence-electron chi connectivity index (χ4n) is 2.57. The SMILES string of the molecule is Oc1c(Br)cc(Br)cc1C=Nc1cccc(-c2nc3cc(Cl)ccc3o2)c1. The van der Waals surface area contributed by atoms with Crippen molar-refractivity contribution in [1.82, 2.24) is 4.98 Å². The third-order valence-electron chi connectivity index (χ3n) is 3.85. The number of hydrogen-bond acceptors (Lipinski definition) is 4. The molecular formula is C20H11Br2ClN2O2. The zero-order chi connectivity index (χ0) is 19.0. The maximum absolute atomic E-state index is 10.1. The van der Waals surface area contributed by atoms with Gasteiger partial charge in [0.25, 0.3) is 0 Å². The second-order valence-electron chi connectivity index (χ2n) is 5.77. The number of benzene rings is 3. The van der Waals surface area contributed by atoms with Gasteiger partial charge in [0.05, 0.1) is 10.2 Å². The molecule has 0 spiro atoms. The summed E-state index contributed by atoms with van der Waals surface area (Å²) in [6, 6.07) is 16.4. The lowest BCUT2D eigenvalue weighted by Crippen LogP contribution is -1.84. The number of phenols is 1. The Labute approximate surface area is 176 Å². The first kappa shape index (κ1) is 18.2. The zero-order valence-electron chi connectivity index (χ0n) is 13.7. The monoisotopic (exact) mass is 504 g/mol. The number of hydrogen-bond donors (Lipinski definition) is 1. The third-order valence-corrected chi connectivity index (χ3v) is 5.15. The Kier molecular flexibility index (Phi) is 5.04. The molecule has 4 rings (SSSR count). The molecule has 134 valence electrons. The Morgan fingerprint density at radius 2 is 1.93 bits per heavy atom. The molecule has 0 fully saturated rings. The van der Waals surface area contributed by atoms with Crippen LogP contribution in [0.1, 0.15) is 5.56 Å². The van der Waals surface area contributed by atoms with Crippen LogP contribution < -0.4 is 0 Å². The molecule has 4 aromatic rings. The van der Waals surface area contributed by atoms with Gasteiger partial charge in [-0.1, -0.05) is 33.6 Å². The molecule has 0 atom stereocenters. The van der Waals surface area contributed by atoms with Gasteiger partial charge in [-0.3, -0.25) is 4.99 Å². The lowest BCUT2D eigenvalue weighted by Gasteiger charge is -2.03. The Bertz CT molecular complexity index is 1190. The van der Waals surface area contributed by atoms with Crippen molar-refractivity contribution in [2.45, 2.75) is 0 Å². The summed E-state index contributed by atoms with van der Waals surface area (Å²) >= 11 is 12.7. The normalized spacial score (nSPS) is 11.5. The minimum absolute atomic E-state index is 0.133. The first-order chi connectivity index (χ1) is 13.0. The van der Waals surface area contributed by atoms with Gasteiger partial charge in [-0.2, -0.15) is 0 Å². The van der Waals surface area contributed by atoms with Gasteiger partial charge in [0.15, 0.2) is 5.58 Å². The van der Waals surface area contributed by atoms with Gasteiger partial charge in [0, 0.05) is 26.8 Å². The smallest absolute Gasteiger partial charge is 0.227 e. The highest BCUT2D eigenvalue weighted by Crippen LogP contribution is 2.32. The molecular weight excluding hydrogens is 495 g/mol. The maximum Gasteiger partial charge on any atom is 0.227 e. The number of aliphatic imine (C=N–C) groups is 1. The summed E-state index contributed by atoms with van der Waals surface area (Å²) in [6.07, 6.45) is 1.61. The molecule has 0 saturated heterocycles. The summed E-state index contributed by atoms with van der Waals surface area (Å²) in [4.78, 5) is 8.94. The molecule has 27 heavy (non-hydrogen) atoms. The van der Waals surface area contributed by atoms with Crippen LogP contribution >= 0.6 is 43.5 Å². The van der Waals surface area contributed by atoms with E-state index < -0.39 is 0 Å². The molecule has 1 heterocycles. The first-order valence-electron chi connectivity index (χ1n) is 7.88. The van der Waals surface area contributed by atoms with Gasteiger partial charge in [-0.15, -0.1) is 0 Å². The fourth-order valence-corrected chi connectivity index (χ4v) is 4.00. The topological polar surface area (TPSA) is 58.6 Å². The van der Waals surface area contributed by atoms with Crippen LogP contribution in [-0.4, -0.2) is 16.3 Å². The van der Waals surface area contributed by atoms with E-state index in [9.17, 15) is 5.11 Å². The second-order valence-corrected chi connectivity index (χ2v) is 7.97. The molecule has 0 aliphatic carbocycles. The van der Waals surface area contributed by atoms with Crippen LogP contribution in [0, 0.1) is 0 Å². The number of nitrogens with zero attached hydrogens (tertiary/aromatic N) is 2. The van der Waals surface area contributed by atoms with E-state index in [1.54, 1.807) is 36.5 Å². The van der Waals surface area contributed by atoms with Crippen molar-refractivity contribution in [3.05, 3.63) is 74.1 Å². The number of aromatic hydroxyl groups is 1. The summed E-state index contributed by atoms with van der Waals surface area (Å²) in [7, 11) is 0. The summed E-state index contributed by atoms with van der Waals surface area (Å²) in [6.45, 7) is 0. The molecule has 0 unspecified atom stereocenters. The number of fused-ring (bicyclic) bond motifs is 1. The van der Waals surface area contributed by atoms with Crippen LogP contribution in [0.25, 0.3) is 22.6 Å². The molecule has 7 heteroatoms. The van der Waals surface area contributed by atoms with Crippen LogP contribution in [0.3, 0.4) is 0 Å². The Hall–Kier alpha value is -2.15. The molecule has 3 aromatic carbocycles. The van der Waals surface area contributed by atoms with Crippen molar-refractivity contribution >= 4 is 66.5 Å². The highest BCUT2D eigenvalue weighted by atomic mass is 79.9. The van der Waals surface area contributed by atoms with Crippen LogP contribution in [0.2, 0.25) is 5.02 Å². The van der Waals surface area contributed by atoms with Gasteiger partial charge in [-0.25, -0.2) is 4.98 Å². The maximum atomic E-state index is 10.1. The molecule has 1 aromatic heterocycles. The van der Waals surface area contributed by atoms with E-state index >= 15 is 0 Å². The number of phenolic OH excluding ortho intramolecular Hbond substituents is 1. The average Bonchev–Trinajstić information content (AvgIpc) is 3.07. The quantitative estimate of drug-likeness (QED) is 0.301. The fraction of sp³-hybridized carbons (Fsp3) is 0. The molecule has 0 amide bonds. The Balaban J connectivity index is 1.68. The van der Waals surface area contributed by atoms with Crippen molar-refractivity contribution in [2.75, 3.05) is 0 Å². The molecule has 0 aliphatic rings. The van der Waals surface area contributed by atoms with Crippen molar-refractivity contribution < 1.29 is 9.52 Å². The predicted octanol–water partition coefficient (Wildman–Crippen LogP) is 7.13. The van der Waals surface area contributed by atoms with E-state index in [2.05, 4.69) is 41.8 Å². The van der Waals surface area contributed by atoms with Gasteiger partial charge in [-0.05, 0) is 64.5 Å². The average molecular weight is 507 g/mol. The van der Waals surface area contributed by atoms with E-state index in [-0.39, 0.29) is 5.75 Å². The highest BCUT2D eigenvalue weighted by molar-refractivity contribution is 9.11. The number of oxazole rings is 1. The van der Waals surface area contributed by atoms with E-state index in [0.29, 0.717) is 37.7 Å². The van der Waals surface area contributed by atoms with Crippen LogP contribution in [-0.2, 0) is 0 Å². The molecule has 0 radical (unpaired) electrons. The van der Waals surface area contributed by atoms with Gasteiger partial charge in [0.2, 0.25) is 5.89 Å². The molecule has 0 bridgehead atoms. The number of halogens is 3. The minimum Gasteiger partial charge on any atom is -0.506 e. The van der Waals surface area contributed by atoms with Gasteiger partial charge < -0.3 is 9.52 Å². The van der Waals surface area contributed by atoms with Crippen molar-refractivity contribution in [3.63, 3.8) is 0 Å².